The number of benzene rings is 2. The Kier molecular flexibility index (Phi) is 7.79. The zero-order valence-corrected chi connectivity index (χ0v) is 16.2. The predicted molar refractivity (Wildman–Crippen MR) is 103 cm³/mol. The Morgan fingerprint density at radius 1 is 1.04 bits per heavy atom. The minimum absolute atomic E-state index is 0.0306. The second kappa shape index (κ2) is 10.1. The zero-order chi connectivity index (χ0) is 18.1. The third-order valence-corrected chi connectivity index (χ3v) is 3.97. The molecule has 0 aliphatic rings. The maximum absolute atomic E-state index is 11.8. The summed E-state index contributed by atoms with van der Waals surface area (Å²) in [6.45, 7) is 4.68. The molecule has 2 aromatic carbocycles. The third kappa shape index (κ3) is 7.61. The molecule has 0 saturated carbocycles. The number of ether oxygens (including phenoxy) is 2. The highest BCUT2D eigenvalue weighted by Gasteiger charge is 2.03. The summed E-state index contributed by atoms with van der Waals surface area (Å²) in [5.41, 5.74) is 1.23. The van der Waals surface area contributed by atoms with Crippen molar-refractivity contribution < 1.29 is 14.3 Å². The summed E-state index contributed by atoms with van der Waals surface area (Å²) in [5, 5.41) is 2.87. The van der Waals surface area contributed by atoms with Crippen LogP contribution in [0.4, 0.5) is 0 Å². The number of rotatable bonds is 9. The minimum Gasteiger partial charge on any atom is -0.491 e. The van der Waals surface area contributed by atoms with Crippen molar-refractivity contribution >= 4 is 21.8 Å². The van der Waals surface area contributed by atoms with E-state index in [2.05, 4.69) is 33.4 Å². The molecule has 0 fully saturated rings. The quantitative estimate of drug-likeness (QED) is 0.630. The largest absolute Gasteiger partial charge is 0.491 e. The Morgan fingerprint density at radius 3 is 2.32 bits per heavy atom. The number of hydrogen-bond donors (Lipinski definition) is 1. The van der Waals surface area contributed by atoms with Crippen molar-refractivity contribution in [2.75, 3.05) is 13.2 Å². The van der Waals surface area contributed by atoms with Gasteiger partial charge in [0.15, 0.2) is 6.61 Å². The SMILES string of the molecule is CC(C)Oc1ccc(CCCNC(=O)COc2ccc(Br)cc2)cc1. The van der Waals surface area contributed by atoms with Gasteiger partial charge in [0.25, 0.3) is 5.91 Å². The van der Waals surface area contributed by atoms with Gasteiger partial charge in [-0.1, -0.05) is 28.1 Å². The van der Waals surface area contributed by atoms with Crippen molar-refractivity contribution in [3.8, 4) is 11.5 Å². The number of aryl methyl sites for hydroxylation is 1. The van der Waals surface area contributed by atoms with Crippen molar-refractivity contribution in [3.63, 3.8) is 0 Å². The van der Waals surface area contributed by atoms with E-state index in [1.165, 1.54) is 5.56 Å². The highest BCUT2D eigenvalue weighted by atomic mass is 79.9. The molecule has 0 bridgehead atoms. The molecule has 4 nitrogen and oxygen atoms in total. The second-order valence-electron chi connectivity index (χ2n) is 6.01. The molecule has 0 aromatic heterocycles. The van der Waals surface area contributed by atoms with Crippen LogP contribution in [0, 0.1) is 0 Å². The third-order valence-electron chi connectivity index (χ3n) is 3.44. The molecule has 25 heavy (non-hydrogen) atoms. The first-order valence-corrected chi connectivity index (χ1v) is 9.23. The van der Waals surface area contributed by atoms with E-state index in [1.807, 2.05) is 50.2 Å². The molecule has 0 saturated heterocycles. The molecule has 0 aliphatic heterocycles. The van der Waals surface area contributed by atoms with Crippen LogP contribution in [0.1, 0.15) is 25.8 Å². The van der Waals surface area contributed by atoms with Gasteiger partial charge in [-0.3, -0.25) is 4.79 Å². The molecule has 0 aliphatic carbocycles. The summed E-state index contributed by atoms with van der Waals surface area (Å²) < 4.78 is 12.0. The lowest BCUT2D eigenvalue weighted by Crippen LogP contribution is -2.29. The predicted octanol–water partition coefficient (Wildman–Crippen LogP) is 4.36. The maximum Gasteiger partial charge on any atom is 0.257 e. The second-order valence-corrected chi connectivity index (χ2v) is 6.92. The van der Waals surface area contributed by atoms with Crippen molar-refractivity contribution in [2.24, 2.45) is 0 Å². The topological polar surface area (TPSA) is 47.6 Å². The Hall–Kier alpha value is -2.01. The summed E-state index contributed by atoms with van der Waals surface area (Å²) in [4.78, 5) is 11.8. The smallest absolute Gasteiger partial charge is 0.257 e. The highest BCUT2D eigenvalue weighted by Crippen LogP contribution is 2.16. The number of amides is 1. The fourth-order valence-corrected chi connectivity index (χ4v) is 2.52. The van der Waals surface area contributed by atoms with Crippen LogP contribution in [0.25, 0.3) is 0 Å². The van der Waals surface area contributed by atoms with E-state index < -0.39 is 0 Å². The molecule has 1 N–H and O–H groups in total. The van der Waals surface area contributed by atoms with Gasteiger partial charge in [0.2, 0.25) is 0 Å². The number of halogens is 1. The molecular formula is C20H24BrNO3. The van der Waals surface area contributed by atoms with Crippen LogP contribution < -0.4 is 14.8 Å². The molecule has 1 amide bonds. The average Bonchev–Trinajstić information content (AvgIpc) is 2.59. The molecule has 0 spiro atoms. The van der Waals surface area contributed by atoms with Gasteiger partial charge < -0.3 is 14.8 Å². The maximum atomic E-state index is 11.8. The van der Waals surface area contributed by atoms with E-state index in [-0.39, 0.29) is 18.6 Å². The first-order chi connectivity index (χ1) is 12.0. The van der Waals surface area contributed by atoms with Crippen LogP contribution in [0.15, 0.2) is 53.0 Å². The number of carbonyl (C=O) groups is 1. The molecule has 2 rings (SSSR count). The van der Waals surface area contributed by atoms with E-state index >= 15 is 0 Å². The summed E-state index contributed by atoms with van der Waals surface area (Å²) in [5.74, 6) is 1.46. The fraction of sp³-hybridized carbons (Fsp3) is 0.350. The van der Waals surface area contributed by atoms with E-state index in [4.69, 9.17) is 9.47 Å². The standard InChI is InChI=1S/C20H24BrNO3/c1-15(2)25-19-9-5-16(6-10-19)4-3-13-22-20(23)14-24-18-11-7-17(21)8-12-18/h5-12,15H,3-4,13-14H2,1-2H3,(H,22,23). The highest BCUT2D eigenvalue weighted by molar-refractivity contribution is 9.10. The number of hydrogen-bond acceptors (Lipinski definition) is 3. The molecule has 2 aromatic rings. The molecule has 5 heteroatoms. The lowest BCUT2D eigenvalue weighted by Gasteiger charge is -2.10. The van der Waals surface area contributed by atoms with Gasteiger partial charge in [0, 0.05) is 11.0 Å². The van der Waals surface area contributed by atoms with Crippen LogP contribution in [-0.2, 0) is 11.2 Å². The molecule has 0 radical (unpaired) electrons. The Bertz CT molecular complexity index is 654. The molecule has 0 heterocycles. The first kappa shape index (κ1) is 19.3. The molecule has 0 atom stereocenters. The minimum atomic E-state index is -0.108. The van der Waals surface area contributed by atoms with Crippen molar-refractivity contribution in [1.29, 1.82) is 0 Å². The van der Waals surface area contributed by atoms with Crippen molar-refractivity contribution in [3.05, 3.63) is 58.6 Å². The van der Waals surface area contributed by atoms with Gasteiger partial charge >= 0.3 is 0 Å². The lowest BCUT2D eigenvalue weighted by atomic mass is 10.1. The molecule has 134 valence electrons. The molecular weight excluding hydrogens is 382 g/mol. The van der Waals surface area contributed by atoms with Crippen molar-refractivity contribution in [1.82, 2.24) is 5.32 Å². The lowest BCUT2D eigenvalue weighted by molar-refractivity contribution is -0.123. The van der Waals surface area contributed by atoms with Gasteiger partial charge in [-0.15, -0.1) is 0 Å². The van der Waals surface area contributed by atoms with Gasteiger partial charge in [0.05, 0.1) is 6.10 Å². The normalized spacial score (nSPS) is 10.6. The van der Waals surface area contributed by atoms with E-state index in [1.54, 1.807) is 0 Å². The van der Waals surface area contributed by atoms with Crippen LogP contribution in [-0.4, -0.2) is 25.2 Å². The van der Waals surface area contributed by atoms with Crippen LogP contribution in [0.5, 0.6) is 11.5 Å². The van der Waals surface area contributed by atoms with Crippen LogP contribution in [0.3, 0.4) is 0 Å². The summed E-state index contributed by atoms with van der Waals surface area (Å²) in [6, 6.07) is 15.5. The van der Waals surface area contributed by atoms with E-state index in [0.29, 0.717) is 12.3 Å². The summed E-state index contributed by atoms with van der Waals surface area (Å²) in [7, 11) is 0. The summed E-state index contributed by atoms with van der Waals surface area (Å²) in [6.07, 6.45) is 1.98. The Morgan fingerprint density at radius 2 is 1.68 bits per heavy atom. The average molecular weight is 406 g/mol. The first-order valence-electron chi connectivity index (χ1n) is 8.43. The summed E-state index contributed by atoms with van der Waals surface area (Å²) >= 11 is 3.36. The van der Waals surface area contributed by atoms with Gasteiger partial charge in [-0.2, -0.15) is 0 Å². The van der Waals surface area contributed by atoms with Gasteiger partial charge in [-0.05, 0) is 68.7 Å². The van der Waals surface area contributed by atoms with E-state index in [9.17, 15) is 4.79 Å². The van der Waals surface area contributed by atoms with Crippen molar-refractivity contribution in [2.45, 2.75) is 32.8 Å². The Balaban J connectivity index is 1.61. The Labute approximate surface area is 157 Å². The van der Waals surface area contributed by atoms with Crippen LogP contribution in [0.2, 0.25) is 0 Å². The zero-order valence-electron chi connectivity index (χ0n) is 14.6. The number of nitrogens with one attached hydrogen (secondary N) is 1. The fourth-order valence-electron chi connectivity index (χ4n) is 2.26. The number of carbonyl (C=O) groups excluding carboxylic acids is 1. The molecule has 0 unspecified atom stereocenters. The van der Waals surface area contributed by atoms with Gasteiger partial charge in [0.1, 0.15) is 11.5 Å². The van der Waals surface area contributed by atoms with E-state index in [0.717, 1.165) is 23.1 Å². The monoisotopic (exact) mass is 405 g/mol. The van der Waals surface area contributed by atoms with Crippen LogP contribution >= 0.6 is 15.9 Å². The van der Waals surface area contributed by atoms with Gasteiger partial charge in [-0.25, -0.2) is 0 Å².